The lowest BCUT2D eigenvalue weighted by Gasteiger charge is -2.20. The molecule has 1 heteroatoms. The van der Waals surface area contributed by atoms with Gasteiger partial charge >= 0.3 is 0 Å². The molecule has 0 rings (SSSR count). The maximum Gasteiger partial charge on any atom is 0.0465 e. The molecule has 0 aliphatic heterocycles. The number of ether oxygens (including phenoxy) is 1. The Morgan fingerprint density at radius 2 is 1.82 bits per heavy atom. The number of hydrogen-bond donors (Lipinski definition) is 0. The van der Waals surface area contributed by atoms with Crippen LogP contribution in [0.2, 0.25) is 0 Å². The molecule has 2 atom stereocenters. The largest absolute Gasteiger partial charge is 0.385 e. The van der Waals surface area contributed by atoms with Crippen LogP contribution in [0, 0.1) is 11.8 Å². The predicted octanol–water partition coefficient (Wildman–Crippen LogP) is 3.10. The van der Waals surface area contributed by atoms with Gasteiger partial charge in [-0.1, -0.05) is 33.6 Å². The zero-order valence-electron chi connectivity index (χ0n) is 8.39. The van der Waals surface area contributed by atoms with Crippen molar-refractivity contribution >= 4 is 0 Å². The normalized spacial score (nSPS) is 16.4. The molecular formula is C10H22O. The minimum absolute atomic E-state index is 0.857. The van der Waals surface area contributed by atoms with E-state index in [9.17, 15) is 0 Å². The highest BCUT2D eigenvalue weighted by Crippen LogP contribution is 2.21. The van der Waals surface area contributed by atoms with Gasteiger partial charge in [0.05, 0.1) is 0 Å². The first-order chi connectivity index (χ1) is 5.26. The number of methoxy groups -OCH3 is 1. The summed E-state index contributed by atoms with van der Waals surface area (Å²) in [5.74, 6) is 1.72. The van der Waals surface area contributed by atoms with E-state index in [4.69, 9.17) is 4.74 Å². The molecule has 68 valence electrons. The van der Waals surface area contributed by atoms with Gasteiger partial charge in [-0.2, -0.15) is 0 Å². The van der Waals surface area contributed by atoms with E-state index in [1.165, 1.54) is 19.3 Å². The molecule has 2 unspecified atom stereocenters. The first kappa shape index (κ1) is 11.0. The van der Waals surface area contributed by atoms with Crippen molar-refractivity contribution in [1.82, 2.24) is 0 Å². The van der Waals surface area contributed by atoms with Gasteiger partial charge < -0.3 is 4.74 Å². The molecule has 0 heterocycles. The molecule has 0 aromatic rings. The van der Waals surface area contributed by atoms with Crippen LogP contribution >= 0.6 is 0 Å². The molecule has 0 spiro atoms. The van der Waals surface area contributed by atoms with Crippen molar-refractivity contribution in [3.63, 3.8) is 0 Å². The maximum atomic E-state index is 5.07. The molecular weight excluding hydrogens is 136 g/mol. The summed E-state index contributed by atoms with van der Waals surface area (Å²) in [6.07, 6.45) is 3.81. The number of rotatable bonds is 6. The van der Waals surface area contributed by atoms with Crippen molar-refractivity contribution in [2.75, 3.05) is 13.7 Å². The number of hydrogen-bond acceptors (Lipinski definition) is 1. The Bertz CT molecular complexity index is 80.9. The minimum atomic E-state index is 0.857. The van der Waals surface area contributed by atoms with E-state index in [0.717, 1.165) is 18.4 Å². The molecule has 11 heavy (non-hydrogen) atoms. The lowest BCUT2D eigenvalue weighted by Crippen LogP contribution is -2.12. The lowest BCUT2D eigenvalue weighted by molar-refractivity contribution is 0.160. The van der Waals surface area contributed by atoms with Crippen LogP contribution in [0.5, 0.6) is 0 Å². The summed E-state index contributed by atoms with van der Waals surface area (Å²) in [6.45, 7) is 7.79. The third-order valence-corrected chi connectivity index (χ3v) is 2.67. The van der Waals surface area contributed by atoms with E-state index in [2.05, 4.69) is 20.8 Å². The van der Waals surface area contributed by atoms with Crippen LogP contribution in [0.25, 0.3) is 0 Å². The highest BCUT2D eigenvalue weighted by molar-refractivity contribution is 4.63. The Balaban J connectivity index is 3.56. The summed E-state index contributed by atoms with van der Waals surface area (Å²) in [5, 5.41) is 0. The van der Waals surface area contributed by atoms with Gasteiger partial charge in [0, 0.05) is 13.7 Å². The molecule has 0 aromatic heterocycles. The Morgan fingerprint density at radius 1 is 1.18 bits per heavy atom. The fraction of sp³-hybridized carbons (Fsp3) is 1.00. The molecule has 0 bridgehead atoms. The molecule has 0 amide bonds. The Hall–Kier alpha value is -0.0400. The Kier molecular flexibility index (Phi) is 6.63. The first-order valence-electron chi connectivity index (χ1n) is 4.75. The molecule has 0 fully saturated rings. The summed E-state index contributed by atoms with van der Waals surface area (Å²) < 4.78 is 5.07. The van der Waals surface area contributed by atoms with E-state index in [-0.39, 0.29) is 0 Å². The molecule has 0 aromatic carbocycles. The van der Waals surface area contributed by atoms with E-state index in [1.54, 1.807) is 7.11 Å². The van der Waals surface area contributed by atoms with Gasteiger partial charge in [-0.05, 0) is 18.3 Å². The van der Waals surface area contributed by atoms with Crippen LogP contribution in [0.3, 0.4) is 0 Å². The summed E-state index contributed by atoms with van der Waals surface area (Å²) in [6, 6.07) is 0. The van der Waals surface area contributed by atoms with Gasteiger partial charge in [0.2, 0.25) is 0 Å². The smallest absolute Gasteiger partial charge is 0.0465 e. The van der Waals surface area contributed by atoms with Gasteiger partial charge in [0.15, 0.2) is 0 Å². The van der Waals surface area contributed by atoms with Gasteiger partial charge in [-0.25, -0.2) is 0 Å². The van der Waals surface area contributed by atoms with Crippen molar-refractivity contribution in [3.8, 4) is 0 Å². The van der Waals surface area contributed by atoms with Crippen LogP contribution in [-0.2, 0) is 4.74 Å². The second-order valence-corrected chi connectivity index (χ2v) is 3.34. The fourth-order valence-corrected chi connectivity index (χ4v) is 1.49. The van der Waals surface area contributed by atoms with Crippen LogP contribution in [-0.4, -0.2) is 13.7 Å². The Morgan fingerprint density at radius 3 is 2.18 bits per heavy atom. The maximum absolute atomic E-state index is 5.07. The van der Waals surface area contributed by atoms with Crippen molar-refractivity contribution in [2.24, 2.45) is 11.8 Å². The molecule has 0 saturated heterocycles. The van der Waals surface area contributed by atoms with Crippen molar-refractivity contribution in [3.05, 3.63) is 0 Å². The first-order valence-corrected chi connectivity index (χ1v) is 4.75. The van der Waals surface area contributed by atoms with E-state index < -0.39 is 0 Å². The third-order valence-electron chi connectivity index (χ3n) is 2.67. The van der Waals surface area contributed by atoms with Crippen LogP contribution in [0.15, 0.2) is 0 Å². The van der Waals surface area contributed by atoms with Crippen molar-refractivity contribution in [1.29, 1.82) is 0 Å². The average molecular weight is 158 g/mol. The summed E-state index contributed by atoms with van der Waals surface area (Å²) in [4.78, 5) is 0. The molecule has 0 aliphatic rings. The monoisotopic (exact) mass is 158 g/mol. The molecule has 1 nitrogen and oxygen atoms in total. The second-order valence-electron chi connectivity index (χ2n) is 3.34. The molecule has 0 N–H and O–H groups in total. The lowest BCUT2D eigenvalue weighted by atomic mass is 9.87. The zero-order chi connectivity index (χ0) is 8.69. The SMILES string of the molecule is CCC(C)C(CC)CCOC. The van der Waals surface area contributed by atoms with Crippen LogP contribution < -0.4 is 0 Å². The highest BCUT2D eigenvalue weighted by Gasteiger charge is 2.12. The van der Waals surface area contributed by atoms with E-state index in [0.29, 0.717) is 0 Å². The van der Waals surface area contributed by atoms with Gasteiger partial charge in [0.25, 0.3) is 0 Å². The molecule has 0 radical (unpaired) electrons. The quantitative estimate of drug-likeness (QED) is 0.577. The molecule has 0 saturated carbocycles. The fourth-order valence-electron chi connectivity index (χ4n) is 1.49. The average Bonchev–Trinajstić information content (AvgIpc) is 2.05. The van der Waals surface area contributed by atoms with Gasteiger partial charge in [-0.15, -0.1) is 0 Å². The summed E-state index contributed by atoms with van der Waals surface area (Å²) in [5.41, 5.74) is 0. The van der Waals surface area contributed by atoms with Crippen LogP contribution in [0.4, 0.5) is 0 Å². The van der Waals surface area contributed by atoms with Crippen molar-refractivity contribution < 1.29 is 4.74 Å². The predicted molar refractivity (Wildman–Crippen MR) is 49.7 cm³/mol. The minimum Gasteiger partial charge on any atom is -0.385 e. The zero-order valence-corrected chi connectivity index (χ0v) is 8.39. The van der Waals surface area contributed by atoms with E-state index in [1.807, 2.05) is 0 Å². The highest BCUT2D eigenvalue weighted by atomic mass is 16.5. The summed E-state index contributed by atoms with van der Waals surface area (Å²) >= 11 is 0. The molecule has 0 aliphatic carbocycles. The topological polar surface area (TPSA) is 9.23 Å². The van der Waals surface area contributed by atoms with Gasteiger partial charge in [-0.3, -0.25) is 0 Å². The standard InChI is InChI=1S/C10H22O/c1-5-9(3)10(6-2)7-8-11-4/h9-10H,5-8H2,1-4H3. The third kappa shape index (κ3) is 4.41. The van der Waals surface area contributed by atoms with Gasteiger partial charge in [0.1, 0.15) is 0 Å². The van der Waals surface area contributed by atoms with E-state index >= 15 is 0 Å². The van der Waals surface area contributed by atoms with Crippen molar-refractivity contribution in [2.45, 2.75) is 40.0 Å². The Labute approximate surface area is 71.1 Å². The van der Waals surface area contributed by atoms with Crippen LogP contribution in [0.1, 0.15) is 40.0 Å². The second kappa shape index (κ2) is 6.66. The summed E-state index contributed by atoms with van der Waals surface area (Å²) in [7, 11) is 1.78.